The normalized spacial score (nSPS) is 9.83. The number of carbonyl (C=O) groups excluding carboxylic acids is 1. The number of hydrogen-bond donors (Lipinski definition) is 1. The summed E-state index contributed by atoms with van der Waals surface area (Å²) in [5.41, 5.74) is 1.74. The van der Waals surface area contributed by atoms with Crippen molar-refractivity contribution >= 4 is 35.0 Å². The van der Waals surface area contributed by atoms with Crippen molar-refractivity contribution in [1.29, 1.82) is 5.26 Å². The molecule has 0 saturated carbocycles. The quantitative estimate of drug-likeness (QED) is 0.811. The second-order valence-corrected chi connectivity index (χ2v) is 5.36. The first-order chi connectivity index (χ1) is 8.63. The molecule has 3 nitrogen and oxygen atoms in total. The van der Waals surface area contributed by atoms with E-state index < -0.39 is 0 Å². The lowest BCUT2D eigenvalue weighted by atomic mass is 10.2. The Bertz CT molecular complexity index is 457. The maximum atomic E-state index is 11.7. The van der Waals surface area contributed by atoms with Gasteiger partial charge in [-0.05, 0) is 36.8 Å². The van der Waals surface area contributed by atoms with E-state index in [-0.39, 0.29) is 5.91 Å². The van der Waals surface area contributed by atoms with Crippen LogP contribution in [0.2, 0.25) is 5.02 Å². The van der Waals surface area contributed by atoms with E-state index in [2.05, 4.69) is 11.4 Å². The number of carbonyl (C=O) groups is 1. The topological polar surface area (TPSA) is 52.9 Å². The zero-order valence-corrected chi connectivity index (χ0v) is 11.8. The first-order valence-electron chi connectivity index (χ1n) is 5.64. The van der Waals surface area contributed by atoms with Crippen molar-refractivity contribution in [3.8, 4) is 6.07 Å². The van der Waals surface area contributed by atoms with Crippen LogP contribution in [0, 0.1) is 18.3 Å². The average Bonchev–Trinajstić information content (AvgIpc) is 2.33. The predicted molar refractivity (Wildman–Crippen MR) is 77.0 cm³/mol. The number of aryl methyl sites for hydroxylation is 1. The highest BCUT2D eigenvalue weighted by atomic mass is 35.5. The largest absolute Gasteiger partial charge is 0.325 e. The van der Waals surface area contributed by atoms with Gasteiger partial charge in [0, 0.05) is 17.1 Å². The molecule has 1 N–H and O–H groups in total. The number of amides is 1. The van der Waals surface area contributed by atoms with Crippen LogP contribution in [-0.2, 0) is 4.79 Å². The van der Waals surface area contributed by atoms with E-state index in [1.165, 1.54) is 11.8 Å². The lowest BCUT2D eigenvalue weighted by Crippen LogP contribution is -2.15. The summed E-state index contributed by atoms with van der Waals surface area (Å²) in [6.07, 6.45) is 1.37. The van der Waals surface area contributed by atoms with Gasteiger partial charge < -0.3 is 5.32 Å². The lowest BCUT2D eigenvalue weighted by molar-refractivity contribution is -0.113. The maximum absolute atomic E-state index is 11.7. The van der Waals surface area contributed by atoms with E-state index in [1.807, 2.05) is 13.0 Å². The Hall–Kier alpha value is -1.18. The minimum absolute atomic E-state index is 0.0395. The van der Waals surface area contributed by atoms with Gasteiger partial charge in [0.15, 0.2) is 0 Å². The van der Waals surface area contributed by atoms with Crippen molar-refractivity contribution in [2.75, 3.05) is 16.8 Å². The number of nitrogens with one attached hydrogen (secondary N) is 1. The number of hydrogen-bond acceptors (Lipinski definition) is 3. The number of benzene rings is 1. The van der Waals surface area contributed by atoms with Gasteiger partial charge in [-0.1, -0.05) is 17.7 Å². The van der Waals surface area contributed by atoms with Crippen molar-refractivity contribution in [3.63, 3.8) is 0 Å². The Balaban J connectivity index is 2.36. The first kappa shape index (κ1) is 14.9. The summed E-state index contributed by atoms with van der Waals surface area (Å²) in [6.45, 7) is 1.92. The van der Waals surface area contributed by atoms with Crippen LogP contribution >= 0.6 is 23.4 Å². The van der Waals surface area contributed by atoms with Gasteiger partial charge in [-0.3, -0.25) is 4.79 Å². The molecule has 1 rings (SSSR count). The number of thioether (sulfide) groups is 1. The number of nitrogens with zero attached hydrogens (tertiary/aromatic N) is 1. The number of unbranched alkanes of at least 4 members (excludes halogenated alkanes) is 1. The van der Waals surface area contributed by atoms with E-state index in [1.54, 1.807) is 12.1 Å². The van der Waals surface area contributed by atoms with Gasteiger partial charge in [-0.2, -0.15) is 17.0 Å². The first-order valence-corrected chi connectivity index (χ1v) is 7.17. The SMILES string of the molecule is Cc1ccc(Cl)cc1NC(=O)CSCCCC#N. The molecule has 0 aliphatic heterocycles. The van der Waals surface area contributed by atoms with Crippen LogP contribution in [-0.4, -0.2) is 17.4 Å². The third-order valence-corrected chi connectivity index (χ3v) is 3.56. The third kappa shape index (κ3) is 5.44. The Kier molecular flexibility index (Phi) is 6.63. The molecule has 0 atom stereocenters. The highest BCUT2D eigenvalue weighted by molar-refractivity contribution is 7.99. The molecule has 1 aromatic rings. The lowest BCUT2D eigenvalue weighted by Gasteiger charge is -2.08. The fourth-order valence-corrected chi connectivity index (χ4v) is 2.26. The van der Waals surface area contributed by atoms with Crippen LogP contribution in [0.4, 0.5) is 5.69 Å². The Morgan fingerprint density at radius 1 is 1.56 bits per heavy atom. The minimum Gasteiger partial charge on any atom is -0.325 e. The summed E-state index contributed by atoms with van der Waals surface area (Å²) in [6, 6.07) is 7.49. The Morgan fingerprint density at radius 2 is 2.33 bits per heavy atom. The maximum Gasteiger partial charge on any atom is 0.234 e. The summed E-state index contributed by atoms with van der Waals surface area (Å²) in [5, 5.41) is 11.8. The summed E-state index contributed by atoms with van der Waals surface area (Å²) < 4.78 is 0. The minimum atomic E-state index is -0.0395. The van der Waals surface area contributed by atoms with E-state index >= 15 is 0 Å². The van der Waals surface area contributed by atoms with Crippen LogP contribution in [0.3, 0.4) is 0 Å². The van der Waals surface area contributed by atoms with Gasteiger partial charge in [-0.25, -0.2) is 0 Å². The molecule has 0 spiro atoms. The summed E-state index contributed by atoms with van der Waals surface area (Å²) in [7, 11) is 0. The molecule has 0 aliphatic rings. The number of nitriles is 1. The molecular weight excluding hydrogens is 268 g/mol. The smallest absolute Gasteiger partial charge is 0.234 e. The molecule has 1 amide bonds. The number of halogens is 1. The molecule has 5 heteroatoms. The Labute approximate surface area is 117 Å². The van der Waals surface area contributed by atoms with Crippen LogP contribution in [0.25, 0.3) is 0 Å². The summed E-state index contributed by atoms with van der Waals surface area (Å²) in [4.78, 5) is 11.7. The highest BCUT2D eigenvalue weighted by Crippen LogP contribution is 2.20. The fourth-order valence-electron chi connectivity index (χ4n) is 1.33. The molecule has 1 aromatic carbocycles. The zero-order chi connectivity index (χ0) is 13.4. The Morgan fingerprint density at radius 3 is 3.06 bits per heavy atom. The van der Waals surface area contributed by atoms with Crippen LogP contribution in [0.5, 0.6) is 0 Å². The fraction of sp³-hybridized carbons (Fsp3) is 0.385. The van der Waals surface area contributed by atoms with E-state index in [4.69, 9.17) is 16.9 Å². The number of rotatable bonds is 6. The van der Waals surface area contributed by atoms with Crippen molar-refractivity contribution in [3.05, 3.63) is 28.8 Å². The predicted octanol–water partition coefficient (Wildman–Crippen LogP) is 3.62. The van der Waals surface area contributed by atoms with Crippen LogP contribution in [0.15, 0.2) is 18.2 Å². The summed E-state index contributed by atoms with van der Waals surface area (Å²) in [5.74, 6) is 1.19. The van der Waals surface area contributed by atoms with Crippen molar-refractivity contribution < 1.29 is 4.79 Å². The van der Waals surface area contributed by atoms with E-state index in [0.29, 0.717) is 17.2 Å². The van der Waals surface area contributed by atoms with Crippen molar-refractivity contribution in [2.24, 2.45) is 0 Å². The molecule has 96 valence electrons. The van der Waals surface area contributed by atoms with Crippen molar-refractivity contribution in [1.82, 2.24) is 0 Å². The van der Waals surface area contributed by atoms with Gasteiger partial charge in [0.05, 0.1) is 11.8 Å². The molecule has 0 aliphatic carbocycles. The van der Waals surface area contributed by atoms with Crippen LogP contribution < -0.4 is 5.32 Å². The van der Waals surface area contributed by atoms with Crippen molar-refractivity contribution in [2.45, 2.75) is 19.8 Å². The molecule has 0 radical (unpaired) electrons. The zero-order valence-electron chi connectivity index (χ0n) is 10.2. The summed E-state index contributed by atoms with van der Waals surface area (Å²) >= 11 is 7.41. The molecule has 0 fully saturated rings. The molecule has 0 heterocycles. The molecule has 0 unspecified atom stereocenters. The van der Waals surface area contributed by atoms with Gasteiger partial charge in [-0.15, -0.1) is 0 Å². The third-order valence-electron chi connectivity index (χ3n) is 2.28. The molecule has 0 aromatic heterocycles. The van der Waals surface area contributed by atoms with Gasteiger partial charge in [0.25, 0.3) is 0 Å². The monoisotopic (exact) mass is 282 g/mol. The second kappa shape index (κ2) is 8.02. The van der Waals surface area contributed by atoms with E-state index in [0.717, 1.165) is 23.4 Å². The van der Waals surface area contributed by atoms with Gasteiger partial charge in [0.2, 0.25) is 5.91 Å². The average molecular weight is 283 g/mol. The van der Waals surface area contributed by atoms with Gasteiger partial charge in [0.1, 0.15) is 0 Å². The van der Waals surface area contributed by atoms with Crippen LogP contribution in [0.1, 0.15) is 18.4 Å². The van der Waals surface area contributed by atoms with Gasteiger partial charge >= 0.3 is 0 Å². The molecule has 0 bridgehead atoms. The standard InChI is InChI=1S/C13H15ClN2OS/c1-10-4-5-11(14)8-12(10)16-13(17)9-18-7-3-2-6-15/h4-5,8H,2-3,7,9H2,1H3,(H,16,17). The molecule has 0 saturated heterocycles. The van der Waals surface area contributed by atoms with E-state index in [9.17, 15) is 4.79 Å². The second-order valence-electron chi connectivity index (χ2n) is 3.82. The highest BCUT2D eigenvalue weighted by Gasteiger charge is 2.05. The molecule has 18 heavy (non-hydrogen) atoms. The number of anilines is 1. The molecular formula is C13H15ClN2OS.